The summed E-state index contributed by atoms with van der Waals surface area (Å²) in [6, 6.07) is 12.8. The van der Waals surface area contributed by atoms with Gasteiger partial charge in [-0.1, -0.05) is 17.7 Å². The van der Waals surface area contributed by atoms with Crippen molar-refractivity contribution in [3.63, 3.8) is 0 Å². The van der Waals surface area contributed by atoms with Gasteiger partial charge in [0.25, 0.3) is 11.5 Å². The molecular weight excluding hydrogens is 480 g/mol. The van der Waals surface area contributed by atoms with Crippen molar-refractivity contribution >= 4 is 44.0 Å². The Hall–Kier alpha value is -3.21. The second-order valence-corrected chi connectivity index (χ2v) is 10.8. The summed E-state index contributed by atoms with van der Waals surface area (Å²) in [6.45, 7) is 0.748. The van der Waals surface area contributed by atoms with Crippen LogP contribution in [-0.2, 0) is 21.1 Å². The summed E-state index contributed by atoms with van der Waals surface area (Å²) < 4.78 is 34.1. The van der Waals surface area contributed by atoms with Crippen molar-refractivity contribution in [1.29, 1.82) is 0 Å². The van der Waals surface area contributed by atoms with E-state index >= 15 is 0 Å². The number of hydrogen-bond acceptors (Lipinski definition) is 6. The van der Waals surface area contributed by atoms with Crippen molar-refractivity contribution in [1.82, 2.24) is 18.9 Å². The summed E-state index contributed by atoms with van der Waals surface area (Å²) in [4.78, 5) is 32.6. The van der Waals surface area contributed by atoms with E-state index in [1.54, 1.807) is 36.1 Å². The first-order valence-corrected chi connectivity index (χ1v) is 12.5. The molecule has 5 rings (SSSR count). The number of nitrogens with zero attached hydrogens (tertiary/aromatic N) is 4. The van der Waals surface area contributed by atoms with Crippen LogP contribution in [0.2, 0.25) is 5.02 Å². The zero-order valence-electron chi connectivity index (χ0n) is 18.2. The van der Waals surface area contributed by atoms with Gasteiger partial charge in [0.2, 0.25) is 0 Å². The maximum atomic E-state index is 13.4. The van der Waals surface area contributed by atoms with Gasteiger partial charge in [0.1, 0.15) is 22.2 Å². The minimum absolute atomic E-state index is 0.0595. The molecule has 11 heteroatoms. The number of ether oxygens (including phenoxy) is 1. The van der Waals surface area contributed by atoms with Crippen LogP contribution >= 0.6 is 11.6 Å². The van der Waals surface area contributed by atoms with Gasteiger partial charge in [0, 0.05) is 38.0 Å². The highest BCUT2D eigenvalue weighted by Crippen LogP contribution is 2.27. The Morgan fingerprint density at radius 1 is 1.18 bits per heavy atom. The molecule has 176 valence electrons. The number of aromatic nitrogens is 3. The fourth-order valence-electron chi connectivity index (χ4n) is 4.12. The van der Waals surface area contributed by atoms with E-state index < -0.39 is 15.1 Å². The quantitative estimate of drug-likeness (QED) is 0.402. The lowest BCUT2D eigenvalue weighted by Gasteiger charge is -2.38. The number of sulfone groups is 1. The lowest BCUT2D eigenvalue weighted by Crippen LogP contribution is -2.57. The smallest absolute Gasteiger partial charge is 0.270 e. The number of carbonyl (C=O) groups is 1. The maximum absolute atomic E-state index is 13.4. The van der Waals surface area contributed by atoms with Crippen molar-refractivity contribution in [2.75, 3.05) is 26.8 Å². The van der Waals surface area contributed by atoms with Gasteiger partial charge < -0.3 is 14.2 Å². The molecule has 34 heavy (non-hydrogen) atoms. The van der Waals surface area contributed by atoms with Crippen LogP contribution in [0.4, 0.5) is 0 Å². The van der Waals surface area contributed by atoms with E-state index in [9.17, 15) is 18.0 Å². The van der Waals surface area contributed by atoms with Crippen molar-refractivity contribution in [3.05, 3.63) is 75.8 Å². The zero-order valence-corrected chi connectivity index (χ0v) is 19.8. The van der Waals surface area contributed by atoms with Crippen molar-refractivity contribution in [2.24, 2.45) is 0 Å². The number of halogens is 1. The van der Waals surface area contributed by atoms with E-state index in [1.807, 2.05) is 0 Å². The van der Waals surface area contributed by atoms with Gasteiger partial charge in [-0.2, -0.15) is 0 Å². The zero-order chi connectivity index (χ0) is 24.0. The van der Waals surface area contributed by atoms with Crippen molar-refractivity contribution in [2.45, 2.75) is 16.7 Å². The van der Waals surface area contributed by atoms with Crippen molar-refractivity contribution < 1.29 is 17.9 Å². The molecule has 1 aromatic carbocycles. The molecule has 0 atom stereocenters. The summed E-state index contributed by atoms with van der Waals surface area (Å²) in [7, 11) is -2.05. The highest BCUT2D eigenvalue weighted by Gasteiger charge is 2.41. The molecule has 1 aliphatic heterocycles. The largest absolute Gasteiger partial charge is 0.383 e. The summed E-state index contributed by atoms with van der Waals surface area (Å²) in [5, 5.41) is 0.0557. The van der Waals surface area contributed by atoms with Crippen LogP contribution in [-0.4, -0.2) is 65.2 Å². The highest BCUT2D eigenvalue weighted by atomic mass is 35.5. The van der Waals surface area contributed by atoms with Crippen LogP contribution in [0.5, 0.6) is 0 Å². The van der Waals surface area contributed by atoms with Gasteiger partial charge >= 0.3 is 0 Å². The molecule has 0 saturated carbocycles. The minimum atomic E-state index is -3.59. The molecule has 4 aromatic rings. The number of likely N-dealkylation sites (tertiary alicyclic amines) is 1. The van der Waals surface area contributed by atoms with Gasteiger partial charge in [-0.25, -0.2) is 13.4 Å². The molecule has 1 aliphatic rings. The molecule has 0 aliphatic carbocycles. The number of benzene rings is 1. The fraction of sp³-hybridized carbons (Fsp3) is 0.261. The Labute approximate surface area is 200 Å². The second kappa shape index (κ2) is 8.53. The van der Waals surface area contributed by atoms with Crippen LogP contribution in [0.1, 0.15) is 10.5 Å². The van der Waals surface area contributed by atoms with Crippen LogP contribution < -0.4 is 5.56 Å². The van der Waals surface area contributed by atoms with Crippen LogP contribution in [0.25, 0.3) is 16.7 Å². The molecule has 0 bridgehead atoms. The fourth-order valence-corrected chi connectivity index (χ4v) is 5.90. The van der Waals surface area contributed by atoms with Gasteiger partial charge in [0.15, 0.2) is 9.84 Å². The molecule has 4 heterocycles. The topological polar surface area (TPSA) is 103 Å². The van der Waals surface area contributed by atoms with E-state index in [0.717, 1.165) is 0 Å². The number of rotatable bonds is 6. The average molecular weight is 501 g/mol. The van der Waals surface area contributed by atoms with Crippen LogP contribution in [0.3, 0.4) is 0 Å². The van der Waals surface area contributed by atoms with Gasteiger partial charge in [-0.15, -0.1) is 0 Å². The number of fused-ring (bicyclic) bond motifs is 2. The normalized spacial score (nSPS) is 14.6. The lowest BCUT2D eigenvalue weighted by atomic mass is 10.2. The molecular formula is C23H21ClN4O5S. The average Bonchev–Trinajstić information content (AvgIpc) is 3.15. The lowest BCUT2D eigenvalue weighted by molar-refractivity contribution is 0.0646. The first-order chi connectivity index (χ1) is 16.3. The monoisotopic (exact) mass is 500 g/mol. The first kappa shape index (κ1) is 22.6. The Morgan fingerprint density at radius 3 is 2.62 bits per heavy atom. The van der Waals surface area contributed by atoms with Gasteiger partial charge in [0.05, 0.1) is 16.9 Å². The summed E-state index contributed by atoms with van der Waals surface area (Å²) in [5.41, 5.74) is 0.851. The molecule has 1 fully saturated rings. The molecule has 0 unspecified atom stereocenters. The molecule has 1 amide bonds. The molecule has 9 nitrogen and oxygen atoms in total. The summed E-state index contributed by atoms with van der Waals surface area (Å²) in [5.74, 6) is -0.356. The Kier molecular flexibility index (Phi) is 5.67. The number of pyridine rings is 1. The number of carbonyl (C=O) groups excluding carboxylic acids is 1. The molecule has 0 spiro atoms. The highest BCUT2D eigenvalue weighted by molar-refractivity contribution is 7.92. The summed E-state index contributed by atoms with van der Waals surface area (Å²) >= 11 is 5.86. The molecule has 3 aromatic heterocycles. The van der Waals surface area contributed by atoms with E-state index in [4.69, 9.17) is 16.3 Å². The Balaban J connectivity index is 1.47. The number of amides is 1. The van der Waals surface area contributed by atoms with E-state index in [0.29, 0.717) is 34.9 Å². The minimum Gasteiger partial charge on any atom is -0.383 e. The predicted molar refractivity (Wildman–Crippen MR) is 127 cm³/mol. The van der Waals surface area contributed by atoms with E-state index in [2.05, 4.69) is 4.98 Å². The molecule has 0 radical (unpaired) electrons. The summed E-state index contributed by atoms with van der Waals surface area (Å²) in [6.07, 6.45) is 1.62. The van der Waals surface area contributed by atoms with Crippen LogP contribution in [0, 0.1) is 0 Å². The van der Waals surface area contributed by atoms with Gasteiger partial charge in [-0.05, 0) is 42.5 Å². The third-order valence-corrected chi connectivity index (χ3v) is 8.39. The Bertz CT molecular complexity index is 1570. The third-order valence-electron chi connectivity index (χ3n) is 6.03. The second-order valence-electron chi connectivity index (χ2n) is 8.09. The van der Waals surface area contributed by atoms with Crippen LogP contribution in [0.15, 0.2) is 64.4 Å². The van der Waals surface area contributed by atoms with E-state index in [-0.39, 0.29) is 35.1 Å². The first-order valence-electron chi connectivity index (χ1n) is 10.6. The molecule has 1 saturated heterocycles. The van der Waals surface area contributed by atoms with Gasteiger partial charge in [-0.3, -0.25) is 14.0 Å². The standard InChI is InChI=1S/C23H21ClN4O5S/c1-33-11-10-27-19(12-18-21(27)25-20-4-2-3-9-28(20)22(18)29)23(30)26-13-17(14-26)34(31,32)16-7-5-15(24)6-8-16/h2-9,12,17H,10-11,13-14H2,1H3. The third kappa shape index (κ3) is 3.67. The SMILES string of the molecule is COCCn1c(C(=O)N2CC(S(=O)(=O)c3ccc(Cl)cc3)C2)cc2c(=O)n3ccccc3nc21. The van der Waals surface area contributed by atoms with E-state index in [1.165, 1.54) is 39.6 Å². The number of hydrogen-bond donors (Lipinski definition) is 0. The maximum Gasteiger partial charge on any atom is 0.270 e. The number of methoxy groups -OCH3 is 1. The predicted octanol–water partition coefficient (Wildman–Crippen LogP) is 2.25. The van der Waals surface area contributed by atoms with Crippen molar-refractivity contribution in [3.8, 4) is 0 Å². The molecule has 0 N–H and O–H groups in total. The Morgan fingerprint density at radius 2 is 1.91 bits per heavy atom.